The highest BCUT2D eigenvalue weighted by atomic mass is 15.1. The Balaban J connectivity index is 1.97. The fourth-order valence-electron chi connectivity index (χ4n) is 2.06. The molecule has 0 aliphatic carbocycles. The third kappa shape index (κ3) is 1.90. The number of hydrogen-bond acceptors (Lipinski definition) is 0. The lowest BCUT2D eigenvalue weighted by atomic mass is 10.1. The first-order valence-electron chi connectivity index (χ1n) is 5.10. The normalized spacial score (nSPS) is 16.1. The van der Waals surface area contributed by atoms with E-state index in [9.17, 15) is 0 Å². The predicted octanol–water partition coefficient (Wildman–Crippen LogP) is -0.783. The van der Waals surface area contributed by atoms with Crippen LogP contribution < -0.4 is 10.6 Å². The number of fused-ring (bicyclic) bond motifs is 1. The highest BCUT2D eigenvalue weighted by molar-refractivity contribution is 5.27. The lowest BCUT2D eigenvalue weighted by molar-refractivity contribution is -0.921. The standard InChI is InChI=1S/C11H16N2/c12-6-3-7-13-8-10-4-1-2-5-11(10)9-13/h1-2,4-5H,3,6-9,12H2/p+2. The van der Waals surface area contributed by atoms with Crippen molar-refractivity contribution in [3.8, 4) is 0 Å². The molecule has 1 aliphatic rings. The number of hydrogen-bond donors (Lipinski definition) is 2. The van der Waals surface area contributed by atoms with Gasteiger partial charge in [0.15, 0.2) is 0 Å². The fraction of sp³-hybridized carbons (Fsp3) is 0.455. The maximum atomic E-state index is 3.88. The van der Waals surface area contributed by atoms with Gasteiger partial charge in [-0.05, 0) is 0 Å². The van der Waals surface area contributed by atoms with Crippen molar-refractivity contribution < 1.29 is 10.6 Å². The van der Waals surface area contributed by atoms with Gasteiger partial charge < -0.3 is 10.6 Å². The van der Waals surface area contributed by atoms with Crippen LogP contribution in [0.2, 0.25) is 0 Å². The van der Waals surface area contributed by atoms with Gasteiger partial charge >= 0.3 is 0 Å². The zero-order chi connectivity index (χ0) is 9.10. The van der Waals surface area contributed by atoms with Crippen LogP contribution in [0, 0.1) is 0 Å². The fourth-order valence-corrected chi connectivity index (χ4v) is 2.06. The van der Waals surface area contributed by atoms with E-state index >= 15 is 0 Å². The van der Waals surface area contributed by atoms with Gasteiger partial charge in [-0.3, -0.25) is 0 Å². The number of rotatable bonds is 3. The van der Waals surface area contributed by atoms with E-state index in [1.807, 2.05) is 0 Å². The topological polar surface area (TPSA) is 32.1 Å². The molecular formula is C11H18N2+2. The monoisotopic (exact) mass is 178 g/mol. The van der Waals surface area contributed by atoms with Gasteiger partial charge in [0.05, 0.1) is 13.1 Å². The number of quaternary nitrogens is 2. The van der Waals surface area contributed by atoms with E-state index in [1.165, 1.54) is 26.1 Å². The molecule has 2 heteroatoms. The summed E-state index contributed by atoms with van der Waals surface area (Å²) in [5.41, 5.74) is 6.97. The lowest BCUT2D eigenvalue weighted by Gasteiger charge is -2.09. The van der Waals surface area contributed by atoms with E-state index in [0.717, 1.165) is 6.54 Å². The van der Waals surface area contributed by atoms with E-state index in [4.69, 9.17) is 0 Å². The van der Waals surface area contributed by atoms with Crippen LogP contribution in [0.15, 0.2) is 24.3 Å². The molecule has 1 aromatic carbocycles. The Morgan fingerprint density at radius 2 is 1.77 bits per heavy atom. The van der Waals surface area contributed by atoms with E-state index in [0.29, 0.717) is 0 Å². The average Bonchev–Trinajstić information content (AvgIpc) is 2.57. The summed E-state index contributed by atoms with van der Waals surface area (Å²) in [6, 6.07) is 8.80. The van der Waals surface area contributed by atoms with Crippen molar-refractivity contribution in [1.82, 2.24) is 0 Å². The summed E-state index contributed by atoms with van der Waals surface area (Å²) < 4.78 is 0. The number of nitrogens with one attached hydrogen (secondary N) is 1. The van der Waals surface area contributed by atoms with E-state index in [1.54, 1.807) is 16.0 Å². The van der Waals surface area contributed by atoms with Gasteiger partial charge in [-0.1, -0.05) is 24.3 Å². The van der Waals surface area contributed by atoms with Crippen molar-refractivity contribution in [3.63, 3.8) is 0 Å². The Morgan fingerprint density at radius 3 is 2.31 bits per heavy atom. The zero-order valence-corrected chi connectivity index (χ0v) is 8.05. The summed E-state index contributed by atoms with van der Waals surface area (Å²) in [6.45, 7) is 4.78. The van der Waals surface area contributed by atoms with Crippen molar-refractivity contribution in [1.29, 1.82) is 0 Å². The first-order valence-corrected chi connectivity index (χ1v) is 5.10. The molecule has 0 atom stereocenters. The molecule has 0 aromatic heterocycles. The van der Waals surface area contributed by atoms with E-state index < -0.39 is 0 Å². The van der Waals surface area contributed by atoms with Gasteiger partial charge in [-0.15, -0.1) is 0 Å². The SMILES string of the molecule is [NH3+]CCC[NH+]1Cc2ccccc2C1. The van der Waals surface area contributed by atoms with Crippen molar-refractivity contribution >= 4 is 0 Å². The molecule has 1 heterocycles. The average molecular weight is 178 g/mol. The van der Waals surface area contributed by atoms with Crippen molar-refractivity contribution in [2.75, 3.05) is 13.1 Å². The van der Waals surface area contributed by atoms with Crippen LogP contribution in [0.25, 0.3) is 0 Å². The Hall–Kier alpha value is -0.860. The Morgan fingerprint density at radius 1 is 1.15 bits per heavy atom. The van der Waals surface area contributed by atoms with Crippen LogP contribution in [-0.2, 0) is 13.1 Å². The highest BCUT2D eigenvalue weighted by Crippen LogP contribution is 2.10. The molecule has 1 aliphatic heterocycles. The van der Waals surface area contributed by atoms with Crippen molar-refractivity contribution in [2.45, 2.75) is 19.5 Å². The van der Waals surface area contributed by atoms with Crippen LogP contribution in [0.5, 0.6) is 0 Å². The zero-order valence-electron chi connectivity index (χ0n) is 8.05. The molecule has 2 nitrogen and oxygen atoms in total. The van der Waals surface area contributed by atoms with Crippen LogP contribution in [-0.4, -0.2) is 13.1 Å². The molecule has 0 spiro atoms. The van der Waals surface area contributed by atoms with Gasteiger partial charge in [0.1, 0.15) is 13.1 Å². The second-order valence-electron chi connectivity index (χ2n) is 3.83. The summed E-state index contributed by atoms with van der Waals surface area (Å²) in [5, 5.41) is 0. The van der Waals surface area contributed by atoms with Crippen LogP contribution in [0.4, 0.5) is 0 Å². The van der Waals surface area contributed by atoms with Crippen LogP contribution in [0.3, 0.4) is 0 Å². The van der Waals surface area contributed by atoms with Gasteiger partial charge in [0, 0.05) is 17.5 Å². The molecule has 0 saturated carbocycles. The predicted molar refractivity (Wildman–Crippen MR) is 52.1 cm³/mol. The quantitative estimate of drug-likeness (QED) is 0.608. The molecule has 13 heavy (non-hydrogen) atoms. The highest BCUT2D eigenvalue weighted by Gasteiger charge is 2.20. The molecule has 1 aromatic rings. The minimum Gasteiger partial charge on any atom is -0.357 e. The third-order valence-electron chi connectivity index (χ3n) is 2.78. The molecule has 0 radical (unpaired) electrons. The van der Waals surface area contributed by atoms with Crippen LogP contribution in [0.1, 0.15) is 17.5 Å². The summed E-state index contributed by atoms with van der Waals surface area (Å²) in [7, 11) is 0. The Labute approximate surface area is 79.4 Å². The molecule has 4 N–H and O–H groups in total. The minimum absolute atomic E-state index is 1.07. The second-order valence-corrected chi connectivity index (χ2v) is 3.83. The summed E-state index contributed by atoms with van der Waals surface area (Å²) in [5.74, 6) is 0. The van der Waals surface area contributed by atoms with Gasteiger partial charge in [-0.2, -0.15) is 0 Å². The van der Waals surface area contributed by atoms with Gasteiger partial charge in [-0.25, -0.2) is 0 Å². The van der Waals surface area contributed by atoms with E-state index in [-0.39, 0.29) is 0 Å². The van der Waals surface area contributed by atoms with Crippen molar-refractivity contribution in [2.24, 2.45) is 0 Å². The number of benzene rings is 1. The van der Waals surface area contributed by atoms with Crippen LogP contribution >= 0.6 is 0 Å². The molecule has 0 unspecified atom stereocenters. The molecule has 0 bridgehead atoms. The first kappa shape index (κ1) is 8.73. The Kier molecular flexibility index (Phi) is 2.62. The third-order valence-corrected chi connectivity index (χ3v) is 2.78. The molecular weight excluding hydrogens is 160 g/mol. The maximum absolute atomic E-state index is 3.88. The smallest absolute Gasteiger partial charge is 0.104 e. The molecule has 70 valence electrons. The second kappa shape index (κ2) is 3.90. The van der Waals surface area contributed by atoms with Gasteiger partial charge in [0.2, 0.25) is 0 Å². The molecule has 0 amide bonds. The summed E-state index contributed by atoms with van der Waals surface area (Å²) >= 11 is 0. The largest absolute Gasteiger partial charge is 0.357 e. The maximum Gasteiger partial charge on any atom is 0.104 e. The summed E-state index contributed by atoms with van der Waals surface area (Å²) in [6.07, 6.45) is 1.25. The minimum atomic E-state index is 1.07. The molecule has 0 fully saturated rings. The first-order chi connectivity index (χ1) is 6.40. The van der Waals surface area contributed by atoms with Crippen molar-refractivity contribution in [3.05, 3.63) is 35.4 Å². The lowest BCUT2D eigenvalue weighted by Crippen LogP contribution is -3.07. The van der Waals surface area contributed by atoms with E-state index in [2.05, 4.69) is 30.0 Å². The summed E-state index contributed by atoms with van der Waals surface area (Å²) in [4.78, 5) is 1.70. The Bertz CT molecular complexity index is 258. The van der Waals surface area contributed by atoms with Gasteiger partial charge in [0.25, 0.3) is 0 Å². The molecule has 2 rings (SSSR count). The molecule has 0 saturated heterocycles.